The molecule has 3 aromatic rings. The van der Waals surface area contributed by atoms with Gasteiger partial charge in [-0.05, 0) is 61.4 Å². The van der Waals surface area contributed by atoms with Crippen LogP contribution in [0.2, 0.25) is 0 Å². The lowest BCUT2D eigenvalue weighted by Gasteiger charge is -2.35. The monoisotopic (exact) mass is 464 g/mol. The highest BCUT2D eigenvalue weighted by atomic mass is 32.2. The van der Waals surface area contributed by atoms with Crippen molar-refractivity contribution in [1.29, 1.82) is 0 Å². The normalized spacial score (nSPS) is 18.5. The Morgan fingerprint density at radius 1 is 1.06 bits per heavy atom. The molecule has 0 aliphatic carbocycles. The summed E-state index contributed by atoms with van der Waals surface area (Å²) in [5.41, 5.74) is 4.79. The number of carbonyl (C=O) groups excluding carboxylic acids is 2. The lowest BCUT2D eigenvalue weighted by molar-refractivity contribution is -0.134. The summed E-state index contributed by atoms with van der Waals surface area (Å²) >= 11 is 1.37. The van der Waals surface area contributed by atoms with Crippen LogP contribution in [0.3, 0.4) is 0 Å². The number of fused-ring (bicyclic) bond motifs is 1. The maximum absolute atomic E-state index is 13.2. The molecule has 1 aliphatic rings. The van der Waals surface area contributed by atoms with Crippen molar-refractivity contribution in [2.45, 2.75) is 45.8 Å². The minimum Gasteiger partial charge on any atom is -0.341 e. The molecule has 1 aliphatic heterocycles. The van der Waals surface area contributed by atoms with Crippen LogP contribution in [0.25, 0.3) is 11.0 Å². The summed E-state index contributed by atoms with van der Waals surface area (Å²) in [6.07, 6.45) is 1.16. The predicted molar refractivity (Wildman–Crippen MR) is 135 cm³/mol. The highest BCUT2D eigenvalue weighted by Gasteiger charge is 2.26. The average molecular weight is 465 g/mol. The standard InChI is InChI=1S/C26H32N4O2S/c1-17-12-18(2)14-29(13-17)25(32)15-30-23-11-6-5-9-22(23)28-26(30)33-16-24(31)27-21-10-7-8-19(3)20(21)4/h5-11,17-18H,12-16H2,1-4H3,(H,27,31)/t17-,18+. The molecule has 0 spiro atoms. The van der Waals surface area contributed by atoms with Gasteiger partial charge < -0.3 is 14.8 Å². The van der Waals surface area contributed by atoms with E-state index in [1.807, 2.05) is 65.8 Å². The van der Waals surface area contributed by atoms with Crippen molar-refractivity contribution in [2.24, 2.45) is 11.8 Å². The number of likely N-dealkylation sites (tertiary alicyclic amines) is 1. The van der Waals surface area contributed by atoms with E-state index in [0.29, 0.717) is 17.0 Å². The van der Waals surface area contributed by atoms with Gasteiger partial charge in [0.25, 0.3) is 0 Å². The van der Waals surface area contributed by atoms with E-state index in [1.165, 1.54) is 11.8 Å². The molecule has 7 heteroatoms. The van der Waals surface area contributed by atoms with Crippen molar-refractivity contribution in [3.63, 3.8) is 0 Å². The van der Waals surface area contributed by atoms with Crippen LogP contribution in [0, 0.1) is 25.7 Å². The molecule has 0 radical (unpaired) electrons. The van der Waals surface area contributed by atoms with Gasteiger partial charge in [0.15, 0.2) is 5.16 Å². The zero-order valence-electron chi connectivity index (χ0n) is 19.8. The molecule has 0 unspecified atom stereocenters. The van der Waals surface area contributed by atoms with Gasteiger partial charge >= 0.3 is 0 Å². The Morgan fingerprint density at radius 2 is 1.79 bits per heavy atom. The Bertz CT molecular complexity index is 1160. The third kappa shape index (κ3) is 5.41. The first-order valence-corrected chi connectivity index (χ1v) is 12.5. The third-order valence-corrected chi connectivity index (χ3v) is 7.32. The number of para-hydroxylation sites is 2. The van der Waals surface area contributed by atoms with Gasteiger partial charge in [0.05, 0.1) is 16.8 Å². The van der Waals surface area contributed by atoms with E-state index in [4.69, 9.17) is 4.98 Å². The second-order valence-electron chi connectivity index (χ2n) is 9.30. The number of piperidine rings is 1. The van der Waals surface area contributed by atoms with E-state index in [1.54, 1.807) is 0 Å². The van der Waals surface area contributed by atoms with E-state index in [9.17, 15) is 9.59 Å². The van der Waals surface area contributed by atoms with Crippen molar-refractivity contribution in [1.82, 2.24) is 14.5 Å². The summed E-state index contributed by atoms with van der Waals surface area (Å²) in [5.74, 6) is 1.28. The zero-order chi connectivity index (χ0) is 23.5. The largest absolute Gasteiger partial charge is 0.341 e. The number of aryl methyl sites for hydroxylation is 1. The first-order valence-electron chi connectivity index (χ1n) is 11.5. The van der Waals surface area contributed by atoms with Crippen LogP contribution in [0.5, 0.6) is 0 Å². The first-order chi connectivity index (χ1) is 15.8. The van der Waals surface area contributed by atoms with Crippen LogP contribution in [0.15, 0.2) is 47.6 Å². The number of aromatic nitrogens is 2. The molecule has 6 nitrogen and oxygen atoms in total. The molecule has 1 saturated heterocycles. The number of imidazole rings is 1. The number of rotatable bonds is 6. The third-order valence-electron chi connectivity index (χ3n) is 6.35. The fourth-order valence-electron chi connectivity index (χ4n) is 4.62. The van der Waals surface area contributed by atoms with E-state index in [2.05, 4.69) is 19.2 Å². The molecule has 174 valence electrons. The number of anilines is 1. The van der Waals surface area contributed by atoms with Crippen molar-refractivity contribution < 1.29 is 9.59 Å². The Labute approximate surface area is 199 Å². The second kappa shape index (κ2) is 10.00. The molecule has 2 heterocycles. The van der Waals surface area contributed by atoms with Gasteiger partial charge in [-0.25, -0.2) is 4.98 Å². The molecule has 33 heavy (non-hydrogen) atoms. The van der Waals surface area contributed by atoms with E-state index in [-0.39, 0.29) is 24.1 Å². The van der Waals surface area contributed by atoms with Gasteiger partial charge in [-0.2, -0.15) is 0 Å². The van der Waals surface area contributed by atoms with Gasteiger partial charge in [0, 0.05) is 18.8 Å². The molecule has 0 bridgehead atoms. The van der Waals surface area contributed by atoms with Crippen LogP contribution < -0.4 is 5.32 Å². The minimum absolute atomic E-state index is 0.0858. The Balaban J connectivity index is 1.49. The van der Waals surface area contributed by atoms with Crippen molar-refractivity contribution in [3.05, 3.63) is 53.6 Å². The van der Waals surface area contributed by atoms with Crippen molar-refractivity contribution in [3.8, 4) is 0 Å². The molecule has 2 atom stereocenters. The van der Waals surface area contributed by atoms with Gasteiger partial charge in [-0.15, -0.1) is 0 Å². The fourth-order valence-corrected chi connectivity index (χ4v) is 5.44. The van der Waals surface area contributed by atoms with E-state index >= 15 is 0 Å². The number of amides is 2. The lowest BCUT2D eigenvalue weighted by Crippen LogP contribution is -2.44. The summed E-state index contributed by atoms with van der Waals surface area (Å²) < 4.78 is 1.96. The summed E-state index contributed by atoms with van der Waals surface area (Å²) in [6, 6.07) is 13.7. The zero-order valence-corrected chi connectivity index (χ0v) is 20.6. The molecule has 4 rings (SSSR count). The minimum atomic E-state index is -0.0858. The quantitative estimate of drug-likeness (QED) is 0.528. The smallest absolute Gasteiger partial charge is 0.242 e. The molecular formula is C26H32N4O2S. The Morgan fingerprint density at radius 3 is 2.55 bits per heavy atom. The SMILES string of the molecule is Cc1cccc(NC(=O)CSc2nc3ccccc3n2CC(=O)N2C[C@H](C)C[C@H](C)C2)c1C. The number of benzene rings is 2. The maximum atomic E-state index is 13.2. The topological polar surface area (TPSA) is 67.2 Å². The van der Waals surface area contributed by atoms with Gasteiger partial charge in [-0.1, -0.05) is 49.9 Å². The number of hydrogen-bond acceptors (Lipinski definition) is 4. The summed E-state index contributed by atoms with van der Waals surface area (Å²) in [5, 5.41) is 3.70. The first kappa shape index (κ1) is 23.4. The number of hydrogen-bond donors (Lipinski definition) is 1. The number of thioether (sulfide) groups is 1. The lowest BCUT2D eigenvalue weighted by atomic mass is 9.92. The van der Waals surface area contributed by atoms with Crippen LogP contribution in [-0.2, 0) is 16.1 Å². The average Bonchev–Trinajstić information content (AvgIpc) is 3.12. The Kier molecular flexibility index (Phi) is 7.08. The van der Waals surface area contributed by atoms with Gasteiger partial charge in [-0.3, -0.25) is 9.59 Å². The predicted octanol–water partition coefficient (Wildman–Crippen LogP) is 4.89. The Hall–Kier alpha value is -2.80. The fraction of sp³-hybridized carbons (Fsp3) is 0.423. The molecule has 0 saturated carbocycles. The summed E-state index contributed by atoms with van der Waals surface area (Å²) in [4.78, 5) is 32.6. The number of carbonyl (C=O) groups is 2. The molecule has 1 N–H and O–H groups in total. The van der Waals surface area contributed by atoms with E-state index < -0.39 is 0 Å². The van der Waals surface area contributed by atoms with E-state index in [0.717, 1.165) is 47.4 Å². The number of nitrogens with one attached hydrogen (secondary N) is 1. The highest BCUT2D eigenvalue weighted by molar-refractivity contribution is 7.99. The molecular weight excluding hydrogens is 432 g/mol. The van der Waals surface area contributed by atoms with Crippen LogP contribution in [0.1, 0.15) is 31.4 Å². The van der Waals surface area contributed by atoms with Crippen molar-refractivity contribution in [2.75, 3.05) is 24.2 Å². The maximum Gasteiger partial charge on any atom is 0.242 e. The molecule has 2 aromatic carbocycles. The number of nitrogens with zero attached hydrogens (tertiary/aromatic N) is 3. The summed E-state index contributed by atoms with van der Waals surface area (Å²) in [7, 11) is 0. The second-order valence-corrected chi connectivity index (χ2v) is 10.2. The highest BCUT2D eigenvalue weighted by Crippen LogP contribution is 2.26. The van der Waals surface area contributed by atoms with Gasteiger partial charge in [0.1, 0.15) is 6.54 Å². The van der Waals surface area contributed by atoms with Gasteiger partial charge in [0.2, 0.25) is 11.8 Å². The molecule has 1 aromatic heterocycles. The van der Waals surface area contributed by atoms with Crippen LogP contribution in [-0.4, -0.2) is 45.1 Å². The molecule has 2 amide bonds. The van der Waals surface area contributed by atoms with Crippen molar-refractivity contribution >= 4 is 40.3 Å². The van der Waals surface area contributed by atoms with Crippen LogP contribution >= 0.6 is 11.8 Å². The van der Waals surface area contributed by atoms with Crippen LogP contribution in [0.4, 0.5) is 5.69 Å². The molecule has 1 fully saturated rings. The summed E-state index contributed by atoms with van der Waals surface area (Å²) in [6.45, 7) is 10.3.